The summed E-state index contributed by atoms with van der Waals surface area (Å²) in [7, 11) is -3.12. The van der Waals surface area contributed by atoms with Gasteiger partial charge < -0.3 is 9.64 Å². The lowest BCUT2D eigenvalue weighted by Gasteiger charge is -2.33. The molecule has 1 aromatic carbocycles. The van der Waals surface area contributed by atoms with Crippen molar-refractivity contribution in [3.8, 4) is 0 Å². The van der Waals surface area contributed by atoms with E-state index in [-0.39, 0.29) is 36.1 Å². The normalized spacial score (nSPS) is 19.1. The Kier molecular flexibility index (Phi) is 7.14. The number of carbonyl (C=O) groups excluding carboxylic acids is 2. The monoisotopic (exact) mass is 423 g/mol. The Hall–Kier alpha value is -1.89. The Morgan fingerprint density at radius 3 is 2.00 bits per heavy atom. The Labute approximate surface area is 174 Å². The lowest BCUT2D eigenvalue weighted by molar-refractivity contribution is -0.138. The molecule has 162 valence electrons. The molecule has 6 nitrogen and oxygen atoms in total. The van der Waals surface area contributed by atoms with Crippen molar-refractivity contribution in [2.45, 2.75) is 73.4 Å². The number of amides is 1. The summed E-state index contributed by atoms with van der Waals surface area (Å²) in [6.07, 6.45) is 1.13. The third-order valence-corrected chi connectivity index (χ3v) is 8.24. The second-order valence-corrected chi connectivity index (χ2v) is 10.4. The number of rotatable bonds is 6. The average Bonchev–Trinajstić information content (AvgIpc) is 3.02. The van der Waals surface area contributed by atoms with Gasteiger partial charge in [-0.1, -0.05) is 6.92 Å². The molecule has 0 spiro atoms. The van der Waals surface area contributed by atoms with E-state index in [1.54, 1.807) is 4.90 Å². The van der Waals surface area contributed by atoms with E-state index in [1.165, 1.54) is 0 Å². The molecule has 29 heavy (non-hydrogen) atoms. The molecule has 2 atom stereocenters. The molecule has 0 radical (unpaired) electrons. The molecule has 1 saturated heterocycles. The molecule has 0 bridgehead atoms. The van der Waals surface area contributed by atoms with E-state index < -0.39 is 15.8 Å². The number of ether oxygens (including phenoxy) is 1. The summed E-state index contributed by atoms with van der Waals surface area (Å²) in [6, 6.07) is -0.472. The van der Waals surface area contributed by atoms with E-state index in [9.17, 15) is 18.0 Å². The number of nitrogens with zero attached hydrogens (tertiary/aromatic N) is 1. The second kappa shape index (κ2) is 8.86. The highest BCUT2D eigenvalue weighted by atomic mass is 32.2. The molecule has 0 aliphatic carbocycles. The number of esters is 1. The fourth-order valence-corrected chi connectivity index (χ4v) is 5.79. The van der Waals surface area contributed by atoms with Crippen molar-refractivity contribution in [2.75, 3.05) is 18.1 Å². The molecule has 1 amide bonds. The van der Waals surface area contributed by atoms with E-state index in [1.807, 2.05) is 48.5 Å². The van der Waals surface area contributed by atoms with E-state index in [2.05, 4.69) is 0 Å². The summed E-state index contributed by atoms with van der Waals surface area (Å²) < 4.78 is 29.2. The molecular weight excluding hydrogens is 390 g/mol. The molecule has 1 heterocycles. The van der Waals surface area contributed by atoms with Gasteiger partial charge in [-0.05, 0) is 82.2 Å². The van der Waals surface area contributed by atoms with Crippen LogP contribution in [0.1, 0.15) is 64.9 Å². The predicted molar refractivity (Wildman–Crippen MR) is 114 cm³/mol. The minimum absolute atomic E-state index is 0.0222. The maximum absolute atomic E-state index is 12.9. The fourth-order valence-electron chi connectivity index (χ4n) is 4.08. The van der Waals surface area contributed by atoms with Crippen LogP contribution in [0.4, 0.5) is 0 Å². The Bertz CT molecular complexity index is 891. The first kappa shape index (κ1) is 23.4. The van der Waals surface area contributed by atoms with Gasteiger partial charge in [0.2, 0.25) is 0 Å². The smallest absolute Gasteiger partial charge is 0.339 e. The van der Waals surface area contributed by atoms with Gasteiger partial charge in [0, 0.05) is 12.1 Å². The topological polar surface area (TPSA) is 80.8 Å². The molecule has 7 heteroatoms. The standard InChI is InChI=1S/C22H33NO5S/c1-8-13(2)23(19-9-10-29(26,27)12-19)20(24)11-28-22(25)21-17(6)15(4)14(3)16(5)18(21)7/h13,19H,8-12H2,1-7H3/t13-,19-/m1/s1. The predicted octanol–water partition coefficient (Wildman–Crippen LogP) is 3.20. The third-order valence-electron chi connectivity index (χ3n) is 6.49. The number of hydrogen-bond donors (Lipinski definition) is 0. The fraction of sp³-hybridized carbons (Fsp3) is 0.636. The Balaban J connectivity index is 2.19. The summed E-state index contributed by atoms with van der Waals surface area (Å²) in [4.78, 5) is 27.3. The summed E-state index contributed by atoms with van der Waals surface area (Å²) >= 11 is 0. The number of carbonyl (C=O) groups is 2. The van der Waals surface area contributed by atoms with Crippen molar-refractivity contribution < 1.29 is 22.7 Å². The highest BCUT2D eigenvalue weighted by molar-refractivity contribution is 7.91. The van der Waals surface area contributed by atoms with Crippen molar-refractivity contribution in [3.63, 3.8) is 0 Å². The second-order valence-electron chi connectivity index (χ2n) is 8.19. The molecular formula is C22H33NO5S. The van der Waals surface area contributed by atoms with Gasteiger partial charge in [0.05, 0.1) is 17.1 Å². The molecule has 0 N–H and O–H groups in total. The highest BCUT2D eigenvalue weighted by Crippen LogP contribution is 2.27. The van der Waals surface area contributed by atoms with Crippen molar-refractivity contribution in [1.82, 2.24) is 4.90 Å². The molecule has 2 rings (SSSR count). The largest absolute Gasteiger partial charge is 0.452 e. The van der Waals surface area contributed by atoms with Crippen molar-refractivity contribution in [3.05, 3.63) is 33.4 Å². The number of hydrogen-bond acceptors (Lipinski definition) is 5. The van der Waals surface area contributed by atoms with Crippen LogP contribution in [0.25, 0.3) is 0 Å². The first-order valence-corrected chi connectivity index (χ1v) is 12.0. The molecule has 0 saturated carbocycles. The molecule has 1 aliphatic rings. The zero-order valence-corrected chi connectivity index (χ0v) is 19.4. The molecule has 0 unspecified atom stereocenters. The van der Waals surface area contributed by atoms with Crippen LogP contribution >= 0.6 is 0 Å². The van der Waals surface area contributed by atoms with Crippen LogP contribution in [-0.4, -0.2) is 55.4 Å². The van der Waals surface area contributed by atoms with Crippen molar-refractivity contribution in [2.24, 2.45) is 0 Å². The van der Waals surface area contributed by atoms with E-state index >= 15 is 0 Å². The van der Waals surface area contributed by atoms with E-state index in [4.69, 9.17) is 4.74 Å². The lowest BCUT2D eigenvalue weighted by atomic mass is 9.90. The van der Waals surface area contributed by atoms with Crippen LogP contribution in [0.15, 0.2) is 0 Å². The first-order chi connectivity index (χ1) is 13.4. The van der Waals surface area contributed by atoms with Gasteiger partial charge in [0.1, 0.15) is 0 Å². The van der Waals surface area contributed by atoms with Gasteiger partial charge in [-0.2, -0.15) is 0 Å². The SMILES string of the molecule is CC[C@@H](C)N(C(=O)COC(=O)c1c(C)c(C)c(C)c(C)c1C)[C@@H]1CCS(=O)(=O)C1. The third kappa shape index (κ3) is 4.82. The molecule has 0 aromatic heterocycles. The summed E-state index contributed by atoms with van der Waals surface area (Å²) in [6.45, 7) is 13.2. The van der Waals surface area contributed by atoms with E-state index in [0.717, 1.165) is 27.8 Å². The zero-order valence-electron chi connectivity index (χ0n) is 18.6. The number of sulfone groups is 1. The van der Waals surface area contributed by atoms with Crippen LogP contribution in [-0.2, 0) is 19.4 Å². The summed E-state index contributed by atoms with van der Waals surface area (Å²) in [5, 5.41) is 0. The molecule has 1 aliphatic heterocycles. The maximum atomic E-state index is 12.9. The molecule has 1 aromatic rings. The van der Waals surface area contributed by atoms with Crippen molar-refractivity contribution in [1.29, 1.82) is 0 Å². The number of benzene rings is 1. The van der Waals surface area contributed by atoms with E-state index in [0.29, 0.717) is 18.4 Å². The lowest BCUT2D eigenvalue weighted by Crippen LogP contribution is -2.48. The minimum Gasteiger partial charge on any atom is -0.452 e. The zero-order chi connectivity index (χ0) is 22.1. The van der Waals surface area contributed by atoms with Gasteiger partial charge in [0.25, 0.3) is 5.91 Å². The van der Waals surface area contributed by atoms with Crippen LogP contribution in [0.3, 0.4) is 0 Å². The van der Waals surface area contributed by atoms with Gasteiger partial charge in [-0.3, -0.25) is 4.79 Å². The van der Waals surface area contributed by atoms with Gasteiger partial charge in [0.15, 0.2) is 16.4 Å². The Morgan fingerprint density at radius 1 is 1.03 bits per heavy atom. The van der Waals surface area contributed by atoms with Crippen molar-refractivity contribution >= 4 is 21.7 Å². The first-order valence-electron chi connectivity index (χ1n) is 10.2. The summed E-state index contributed by atoms with van der Waals surface area (Å²) in [5.74, 6) is -0.780. The maximum Gasteiger partial charge on any atom is 0.339 e. The highest BCUT2D eigenvalue weighted by Gasteiger charge is 2.37. The average molecular weight is 424 g/mol. The quantitative estimate of drug-likeness (QED) is 0.657. The molecule has 1 fully saturated rings. The minimum atomic E-state index is -3.12. The van der Waals surface area contributed by atoms with Crippen LogP contribution < -0.4 is 0 Å². The summed E-state index contributed by atoms with van der Waals surface area (Å²) in [5.41, 5.74) is 5.48. The van der Waals surface area contributed by atoms with Crippen LogP contribution in [0.2, 0.25) is 0 Å². The van der Waals surface area contributed by atoms with Gasteiger partial charge in [-0.15, -0.1) is 0 Å². The van der Waals surface area contributed by atoms with Gasteiger partial charge in [-0.25, -0.2) is 13.2 Å². The van der Waals surface area contributed by atoms with Crippen LogP contribution in [0, 0.1) is 34.6 Å². The Morgan fingerprint density at radius 2 is 1.55 bits per heavy atom. The van der Waals surface area contributed by atoms with Crippen LogP contribution in [0.5, 0.6) is 0 Å². The van der Waals surface area contributed by atoms with Gasteiger partial charge >= 0.3 is 5.97 Å².